The quantitative estimate of drug-likeness (QED) is 0.633. The molecule has 2 amide bonds. The monoisotopic (exact) mass is 519 g/mol. The maximum atomic E-state index is 15.6. The lowest BCUT2D eigenvalue weighted by Crippen LogP contribution is -2.52. The summed E-state index contributed by atoms with van der Waals surface area (Å²) in [6.07, 6.45) is -2.59. The molecule has 4 rings (SSSR count). The minimum absolute atomic E-state index is 0.0230. The van der Waals surface area contributed by atoms with Gasteiger partial charge in [0.25, 0.3) is 10.0 Å². The zero-order valence-electron chi connectivity index (χ0n) is 18.4. The largest absolute Gasteiger partial charge is 0.491 e. The van der Waals surface area contributed by atoms with Gasteiger partial charge in [0.15, 0.2) is 0 Å². The summed E-state index contributed by atoms with van der Waals surface area (Å²) in [5, 5.41) is 0. The Kier molecular flexibility index (Phi) is 6.91. The minimum Gasteiger partial charge on any atom is -0.491 e. The first kappa shape index (κ1) is 25.2. The van der Waals surface area contributed by atoms with Gasteiger partial charge in [0.05, 0.1) is 25.2 Å². The summed E-state index contributed by atoms with van der Waals surface area (Å²) in [5.41, 5.74) is -0.198. The number of amides is 2. The van der Waals surface area contributed by atoms with E-state index in [0.29, 0.717) is 0 Å². The van der Waals surface area contributed by atoms with E-state index in [4.69, 9.17) is 4.74 Å². The Labute approximate surface area is 198 Å². The molecule has 0 saturated carbocycles. The zero-order chi connectivity index (χ0) is 25.5. The number of nitrogens with zero attached hydrogens (tertiary/aromatic N) is 2. The number of hydrogen-bond acceptors (Lipinski definition) is 4. The Morgan fingerprint density at radius 1 is 1.14 bits per heavy atom. The molecule has 0 aliphatic carbocycles. The van der Waals surface area contributed by atoms with Gasteiger partial charge in [0.1, 0.15) is 30.2 Å². The van der Waals surface area contributed by atoms with Crippen LogP contribution in [0.2, 0.25) is 0 Å². The molecule has 1 N–H and O–H groups in total. The molecule has 13 heteroatoms. The lowest BCUT2D eigenvalue weighted by atomic mass is 9.95. The number of sulfonamides is 1. The second kappa shape index (κ2) is 9.61. The normalized spacial score (nSPS) is 23.2. The van der Waals surface area contributed by atoms with Gasteiger partial charge in [-0.2, -0.15) is 8.78 Å². The van der Waals surface area contributed by atoms with Crippen LogP contribution < -0.4 is 9.46 Å². The van der Waals surface area contributed by atoms with E-state index in [1.807, 2.05) is 0 Å². The highest BCUT2D eigenvalue weighted by Crippen LogP contribution is 2.36. The maximum absolute atomic E-state index is 15.6. The SMILES string of the molecule is CN1CCOc2ccccc2-c2cc(F)cc(c2F)CC2C(NS(=O)(=O)C(F)F)C(F)CN2C1=O. The summed E-state index contributed by atoms with van der Waals surface area (Å²) in [5.74, 6) is -5.33. The van der Waals surface area contributed by atoms with Crippen LogP contribution in [0, 0.1) is 11.6 Å². The number of halogens is 5. The summed E-state index contributed by atoms with van der Waals surface area (Å²) in [6, 6.07) is 4.16. The van der Waals surface area contributed by atoms with Crippen molar-refractivity contribution in [3.05, 3.63) is 53.6 Å². The van der Waals surface area contributed by atoms with Crippen LogP contribution in [0.3, 0.4) is 0 Å². The number of carbonyl (C=O) groups excluding carboxylic acids is 1. The van der Waals surface area contributed by atoms with E-state index in [1.54, 1.807) is 22.9 Å². The van der Waals surface area contributed by atoms with Gasteiger partial charge >= 0.3 is 11.8 Å². The average Bonchev–Trinajstić information content (AvgIpc) is 3.09. The number of fused-ring (bicyclic) bond motifs is 5. The molecule has 2 bridgehead atoms. The molecule has 0 radical (unpaired) electrons. The molecule has 3 unspecified atom stereocenters. The Morgan fingerprint density at radius 2 is 1.86 bits per heavy atom. The molecule has 1 fully saturated rings. The van der Waals surface area contributed by atoms with E-state index >= 15 is 4.39 Å². The molecular weight excluding hydrogens is 497 g/mol. The summed E-state index contributed by atoms with van der Waals surface area (Å²) in [7, 11) is -3.84. The Hall–Kier alpha value is -2.93. The molecule has 190 valence electrons. The molecule has 0 aromatic heterocycles. The summed E-state index contributed by atoms with van der Waals surface area (Å²) < 4.78 is 102. The second-order valence-electron chi connectivity index (χ2n) is 8.36. The number of nitrogens with one attached hydrogen (secondary N) is 1. The molecule has 2 aromatic rings. The molecule has 0 spiro atoms. The fourth-order valence-corrected chi connectivity index (χ4v) is 5.15. The van der Waals surface area contributed by atoms with Crippen molar-refractivity contribution in [3.63, 3.8) is 0 Å². The summed E-state index contributed by atoms with van der Waals surface area (Å²) in [6.45, 7) is -0.646. The molecule has 3 atom stereocenters. The first-order valence-electron chi connectivity index (χ1n) is 10.6. The molecule has 35 heavy (non-hydrogen) atoms. The van der Waals surface area contributed by atoms with Crippen molar-refractivity contribution in [1.29, 1.82) is 0 Å². The first-order chi connectivity index (χ1) is 16.5. The Morgan fingerprint density at radius 3 is 2.57 bits per heavy atom. The van der Waals surface area contributed by atoms with Crippen LogP contribution >= 0.6 is 0 Å². The number of alkyl halides is 3. The fourth-order valence-electron chi connectivity index (χ4n) is 4.36. The van der Waals surface area contributed by atoms with Gasteiger partial charge in [-0.15, -0.1) is 0 Å². The Balaban J connectivity index is 1.84. The van der Waals surface area contributed by atoms with Crippen LogP contribution in [0.5, 0.6) is 5.75 Å². The number of likely N-dealkylation sites (N-methyl/N-ethyl adjacent to an activating group) is 1. The van der Waals surface area contributed by atoms with E-state index in [9.17, 15) is 30.8 Å². The molecule has 2 aromatic carbocycles. The van der Waals surface area contributed by atoms with Crippen LogP contribution in [0.4, 0.5) is 26.7 Å². The molecule has 1 saturated heterocycles. The topological polar surface area (TPSA) is 79.0 Å². The number of urea groups is 1. The lowest BCUT2D eigenvalue weighted by Gasteiger charge is -2.31. The minimum atomic E-state index is -5.24. The van der Waals surface area contributed by atoms with Crippen molar-refractivity contribution >= 4 is 16.1 Å². The first-order valence-corrected chi connectivity index (χ1v) is 12.2. The number of carbonyl (C=O) groups is 1. The van der Waals surface area contributed by atoms with Crippen LogP contribution in [0.25, 0.3) is 11.1 Å². The van der Waals surface area contributed by atoms with Gasteiger partial charge in [0, 0.05) is 18.2 Å². The number of para-hydroxylation sites is 1. The van der Waals surface area contributed by atoms with Gasteiger partial charge in [-0.3, -0.25) is 0 Å². The molecule has 7 nitrogen and oxygen atoms in total. The Bertz CT molecular complexity index is 1230. The fraction of sp³-hybridized carbons (Fsp3) is 0.409. The van der Waals surface area contributed by atoms with Crippen LogP contribution in [-0.4, -0.2) is 75.0 Å². The van der Waals surface area contributed by atoms with Gasteiger partial charge in [-0.1, -0.05) is 18.2 Å². The van der Waals surface area contributed by atoms with E-state index in [-0.39, 0.29) is 35.6 Å². The second-order valence-corrected chi connectivity index (χ2v) is 10.0. The third-order valence-corrected chi connectivity index (χ3v) is 7.16. The van der Waals surface area contributed by atoms with Gasteiger partial charge in [-0.25, -0.2) is 31.1 Å². The van der Waals surface area contributed by atoms with E-state index < -0.39 is 64.7 Å². The molecule has 2 heterocycles. The predicted molar refractivity (Wildman–Crippen MR) is 116 cm³/mol. The highest BCUT2D eigenvalue weighted by molar-refractivity contribution is 7.89. The number of ether oxygens (including phenoxy) is 1. The van der Waals surface area contributed by atoms with Crippen molar-refractivity contribution in [2.75, 3.05) is 26.7 Å². The van der Waals surface area contributed by atoms with E-state index in [2.05, 4.69) is 0 Å². The van der Waals surface area contributed by atoms with E-state index in [0.717, 1.165) is 17.0 Å². The van der Waals surface area contributed by atoms with Gasteiger partial charge in [0.2, 0.25) is 0 Å². The predicted octanol–water partition coefficient (Wildman–Crippen LogP) is 3.15. The van der Waals surface area contributed by atoms with Crippen molar-refractivity contribution in [2.45, 2.75) is 30.4 Å². The van der Waals surface area contributed by atoms with Crippen molar-refractivity contribution < 1.29 is 39.9 Å². The van der Waals surface area contributed by atoms with Gasteiger partial charge < -0.3 is 14.5 Å². The van der Waals surface area contributed by atoms with Gasteiger partial charge in [-0.05, 0) is 30.2 Å². The van der Waals surface area contributed by atoms with E-state index in [1.165, 1.54) is 18.0 Å². The molecular formula is C22H22F5N3O4S. The third kappa shape index (κ3) is 4.92. The highest BCUT2D eigenvalue weighted by atomic mass is 32.2. The number of benzene rings is 2. The highest BCUT2D eigenvalue weighted by Gasteiger charge is 2.48. The maximum Gasteiger partial charge on any atom is 0.350 e. The van der Waals surface area contributed by atoms with Crippen LogP contribution in [-0.2, 0) is 16.4 Å². The van der Waals surface area contributed by atoms with Crippen molar-refractivity contribution in [1.82, 2.24) is 14.5 Å². The van der Waals surface area contributed by atoms with Crippen molar-refractivity contribution in [3.8, 4) is 16.9 Å². The summed E-state index contributed by atoms with van der Waals surface area (Å²) in [4.78, 5) is 15.2. The average molecular weight is 519 g/mol. The van der Waals surface area contributed by atoms with Crippen molar-refractivity contribution in [2.24, 2.45) is 0 Å². The molecule has 2 aliphatic heterocycles. The smallest absolute Gasteiger partial charge is 0.350 e. The number of hydrogen-bond donors (Lipinski definition) is 1. The van der Waals surface area contributed by atoms with Crippen LogP contribution in [0.15, 0.2) is 36.4 Å². The summed E-state index contributed by atoms with van der Waals surface area (Å²) >= 11 is 0. The standard InChI is InChI=1S/C22H22F5N3O4S/c1-29-6-7-34-18-5-3-2-4-14(18)15-10-13(23)8-12(19(15)25)9-17-20(28-35(32,33)21(26)27)16(24)11-30(17)22(29)31/h2-5,8,10,16-17,20-21,28H,6-7,9,11H2,1H3. The molecule has 2 aliphatic rings. The lowest BCUT2D eigenvalue weighted by molar-refractivity contribution is 0.146. The third-order valence-electron chi connectivity index (χ3n) is 6.09. The number of rotatable bonds is 3. The zero-order valence-corrected chi connectivity index (χ0v) is 19.2. The van der Waals surface area contributed by atoms with Crippen LogP contribution in [0.1, 0.15) is 5.56 Å².